The van der Waals surface area contributed by atoms with Gasteiger partial charge in [-0.2, -0.15) is 5.10 Å². The molecule has 0 saturated carbocycles. The first kappa shape index (κ1) is 19.1. The summed E-state index contributed by atoms with van der Waals surface area (Å²) in [7, 11) is 0. The maximum Gasteiger partial charge on any atom is 0.415 e. The Morgan fingerprint density at radius 2 is 2.00 bits per heavy atom. The number of anilines is 1. The Labute approximate surface area is 171 Å². The summed E-state index contributed by atoms with van der Waals surface area (Å²) in [6.45, 7) is 6.48. The molecule has 3 heterocycles. The monoisotopic (exact) mass is 411 g/mol. The number of aromatic nitrogens is 2. The molecule has 1 fully saturated rings. The van der Waals surface area contributed by atoms with Crippen LogP contribution in [0.4, 0.5) is 10.5 Å². The lowest BCUT2D eigenvalue weighted by molar-refractivity contribution is 0.0792. The molecule has 0 bridgehead atoms. The molecule has 1 aliphatic rings. The van der Waals surface area contributed by atoms with Gasteiger partial charge >= 0.3 is 6.09 Å². The number of hydrogen-bond acceptors (Lipinski definition) is 7. The van der Waals surface area contributed by atoms with Gasteiger partial charge in [0.2, 0.25) is 0 Å². The summed E-state index contributed by atoms with van der Waals surface area (Å²) in [6, 6.07) is 7.15. The Balaban J connectivity index is 1.37. The third kappa shape index (κ3) is 3.61. The number of rotatable bonds is 3. The quantitative estimate of drug-likeness (QED) is 0.686. The highest BCUT2D eigenvalue weighted by atomic mass is 32.1. The molecule has 9 heteroatoms. The smallest absolute Gasteiger partial charge is 0.410 e. The van der Waals surface area contributed by atoms with Gasteiger partial charge in [-0.15, -0.1) is 16.4 Å². The number of nitrogens with one attached hydrogen (secondary N) is 1. The van der Waals surface area contributed by atoms with E-state index < -0.39 is 6.09 Å². The van der Waals surface area contributed by atoms with Crippen LogP contribution in [0.5, 0.6) is 5.75 Å². The van der Waals surface area contributed by atoms with Gasteiger partial charge in [-0.25, -0.2) is 4.79 Å². The molecule has 150 valence electrons. The molecule has 8 nitrogen and oxygen atoms in total. The number of fused-ring (bicyclic) bond motifs is 1. The first-order chi connectivity index (χ1) is 13.8. The highest BCUT2D eigenvalue weighted by molar-refractivity contribution is 7.21. The van der Waals surface area contributed by atoms with E-state index in [0.29, 0.717) is 34.2 Å². The largest absolute Gasteiger partial charge is 0.415 e. The Morgan fingerprint density at radius 3 is 2.72 bits per heavy atom. The summed E-state index contributed by atoms with van der Waals surface area (Å²) in [5.41, 5.74) is 9.37. The summed E-state index contributed by atoms with van der Waals surface area (Å²) in [6.07, 6.45) is -0.427. The van der Waals surface area contributed by atoms with E-state index in [1.54, 1.807) is 17.0 Å². The lowest BCUT2D eigenvalue weighted by Gasteiger charge is -2.38. The number of likely N-dealkylation sites (tertiary alicyclic amines) is 1. The fraction of sp³-hybridized carbons (Fsp3) is 0.300. The lowest BCUT2D eigenvalue weighted by Crippen LogP contribution is -2.61. The van der Waals surface area contributed by atoms with Gasteiger partial charge in [0.1, 0.15) is 15.5 Å². The number of ether oxygens (including phenoxy) is 1. The highest BCUT2D eigenvalue weighted by Gasteiger charge is 2.34. The van der Waals surface area contributed by atoms with Gasteiger partial charge in [-0.1, -0.05) is 12.1 Å². The Kier molecular flexibility index (Phi) is 4.83. The average molecular weight is 411 g/mol. The van der Waals surface area contributed by atoms with Crippen molar-refractivity contribution < 1.29 is 14.3 Å². The third-order valence-electron chi connectivity index (χ3n) is 5.01. The Morgan fingerprint density at radius 1 is 1.24 bits per heavy atom. The van der Waals surface area contributed by atoms with Gasteiger partial charge < -0.3 is 20.7 Å². The van der Waals surface area contributed by atoms with Gasteiger partial charge in [0.15, 0.2) is 0 Å². The van der Waals surface area contributed by atoms with Crippen molar-refractivity contribution in [1.82, 2.24) is 20.4 Å². The average Bonchev–Trinajstić information content (AvgIpc) is 2.98. The molecule has 3 aromatic rings. The van der Waals surface area contributed by atoms with Crippen molar-refractivity contribution in [3.8, 4) is 5.75 Å². The maximum atomic E-state index is 12.7. The molecule has 3 N–H and O–H groups in total. The molecular weight excluding hydrogens is 390 g/mol. The van der Waals surface area contributed by atoms with Crippen LogP contribution in [0.2, 0.25) is 0 Å². The first-order valence-electron chi connectivity index (χ1n) is 9.19. The van der Waals surface area contributed by atoms with Crippen LogP contribution in [-0.4, -0.2) is 46.2 Å². The van der Waals surface area contributed by atoms with Gasteiger partial charge in [0.05, 0.1) is 17.4 Å². The van der Waals surface area contributed by atoms with Crippen molar-refractivity contribution in [2.45, 2.75) is 26.8 Å². The zero-order chi connectivity index (χ0) is 20.7. The molecule has 2 amide bonds. The number of carbonyl (C=O) groups is 2. The van der Waals surface area contributed by atoms with E-state index in [9.17, 15) is 9.59 Å². The second kappa shape index (κ2) is 7.32. The number of hydrogen-bond donors (Lipinski definition) is 2. The van der Waals surface area contributed by atoms with E-state index in [2.05, 4.69) is 15.5 Å². The molecule has 0 aliphatic carbocycles. The fourth-order valence-corrected chi connectivity index (χ4v) is 4.23. The molecule has 0 spiro atoms. The van der Waals surface area contributed by atoms with Crippen molar-refractivity contribution in [1.29, 1.82) is 0 Å². The first-order valence-corrected chi connectivity index (χ1v) is 10.0. The van der Waals surface area contributed by atoms with Crippen LogP contribution in [0.15, 0.2) is 24.3 Å². The molecule has 29 heavy (non-hydrogen) atoms. The topological polar surface area (TPSA) is 110 Å². The number of benzene rings is 1. The van der Waals surface area contributed by atoms with Crippen LogP contribution in [0.3, 0.4) is 0 Å². The van der Waals surface area contributed by atoms with Crippen LogP contribution < -0.4 is 15.8 Å². The summed E-state index contributed by atoms with van der Waals surface area (Å²) in [4.78, 5) is 27.5. The molecule has 0 radical (unpaired) electrons. The molecule has 0 atom stereocenters. The van der Waals surface area contributed by atoms with Crippen molar-refractivity contribution >= 4 is 39.2 Å². The molecular formula is C20H21N5O3S. The zero-order valence-corrected chi connectivity index (χ0v) is 17.2. The molecule has 1 aromatic carbocycles. The van der Waals surface area contributed by atoms with Gasteiger partial charge in [-0.3, -0.25) is 4.79 Å². The number of carbonyl (C=O) groups excluding carboxylic acids is 2. The second-order valence-electron chi connectivity index (χ2n) is 7.20. The minimum atomic E-state index is -0.427. The lowest BCUT2D eigenvalue weighted by atomic mass is 10.1. The predicted molar refractivity (Wildman–Crippen MR) is 111 cm³/mol. The van der Waals surface area contributed by atoms with Crippen LogP contribution in [0.25, 0.3) is 10.2 Å². The number of aryl methyl sites for hydroxylation is 3. The summed E-state index contributed by atoms with van der Waals surface area (Å²) in [5, 5.41) is 11.9. The summed E-state index contributed by atoms with van der Waals surface area (Å²) < 4.78 is 5.36. The Hall–Kier alpha value is -3.20. The minimum absolute atomic E-state index is 0.147. The van der Waals surface area contributed by atoms with E-state index in [-0.39, 0.29) is 11.9 Å². The minimum Gasteiger partial charge on any atom is -0.410 e. The van der Waals surface area contributed by atoms with Gasteiger partial charge in [0, 0.05) is 18.5 Å². The van der Waals surface area contributed by atoms with Crippen molar-refractivity contribution in [2.75, 3.05) is 18.8 Å². The fourth-order valence-electron chi connectivity index (χ4n) is 3.22. The van der Waals surface area contributed by atoms with Crippen LogP contribution in [-0.2, 0) is 0 Å². The number of amides is 2. The van der Waals surface area contributed by atoms with Crippen LogP contribution in [0, 0.1) is 20.8 Å². The van der Waals surface area contributed by atoms with E-state index in [1.807, 2.05) is 32.9 Å². The van der Waals surface area contributed by atoms with E-state index in [0.717, 1.165) is 22.2 Å². The normalized spacial score (nSPS) is 14.0. The highest BCUT2D eigenvalue weighted by Crippen LogP contribution is 2.34. The van der Waals surface area contributed by atoms with Crippen LogP contribution >= 0.6 is 11.3 Å². The second-order valence-corrected chi connectivity index (χ2v) is 8.19. The molecule has 1 saturated heterocycles. The molecule has 2 aromatic heterocycles. The predicted octanol–water partition coefficient (Wildman–Crippen LogP) is 2.81. The number of nitrogens with two attached hydrogens (primary N) is 1. The maximum absolute atomic E-state index is 12.7. The van der Waals surface area contributed by atoms with Crippen molar-refractivity contribution in [3.63, 3.8) is 0 Å². The molecule has 1 aliphatic heterocycles. The third-order valence-corrected chi connectivity index (χ3v) is 6.10. The van der Waals surface area contributed by atoms with E-state index in [1.165, 1.54) is 11.3 Å². The van der Waals surface area contributed by atoms with Crippen LogP contribution in [0.1, 0.15) is 26.5 Å². The number of nitrogen functional groups attached to an aromatic ring is 1. The summed E-state index contributed by atoms with van der Waals surface area (Å²) in [5.74, 6) is 0.242. The SMILES string of the molecule is Cc1cccc(OC(=O)N2CC(NC(=O)c3sc4nnc(C)c(C)c4c3N)C2)c1. The van der Waals surface area contributed by atoms with Gasteiger partial charge in [0.25, 0.3) is 5.91 Å². The zero-order valence-electron chi connectivity index (χ0n) is 16.4. The van der Waals surface area contributed by atoms with E-state index >= 15 is 0 Å². The Bertz CT molecular complexity index is 1120. The standard InChI is InChI=1S/C20H21N5O3S/c1-10-5-4-6-14(7-10)28-20(27)25-8-13(9-25)22-18(26)17-16(21)15-11(2)12(3)23-24-19(15)29-17/h4-7,13H,8-9,21H2,1-3H3,(H,22,26). The van der Waals surface area contributed by atoms with Crippen molar-refractivity contribution in [3.05, 3.63) is 46.0 Å². The van der Waals surface area contributed by atoms with E-state index in [4.69, 9.17) is 10.5 Å². The number of nitrogens with zero attached hydrogens (tertiary/aromatic N) is 3. The van der Waals surface area contributed by atoms with Gasteiger partial charge in [-0.05, 0) is 44.0 Å². The summed E-state index contributed by atoms with van der Waals surface area (Å²) >= 11 is 1.23. The van der Waals surface area contributed by atoms with Crippen molar-refractivity contribution in [2.24, 2.45) is 0 Å². The number of thiophene rings is 1. The molecule has 4 rings (SSSR count). The molecule has 0 unspecified atom stereocenters.